The van der Waals surface area contributed by atoms with Gasteiger partial charge in [0.05, 0.1) is 11.3 Å². The van der Waals surface area contributed by atoms with Crippen molar-refractivity contribution in [2.45, 2.75) is 25.8 Å². The minimum atomic E-state index is 0.0807. The highest BCUT2D eigenvalue weighted by atomic mass is 32.2. The Kier molecular flexibility index (Phi) is 5.66. The predicted octanol–water partition coefficient (Wildman–Crippen LogP) is 2.22. The Bertz CT molecular complexity index is 464. The van der Waals surface area contributed by atoms with E-state index in [1.54, 1.807) is 17.0 Å². The predicted molar refractivity (Wildman–Crippen MR) is 72.3 cm³/mol. The van der Waals surface area contributed by atoms with Gasteiger partial charge in [0.25, 0.3) is 0 Å². The van der Waals surface area contributed by atoms with Gasteiger partial charge in [0.15, 0.2) is 0 Å². The van der Waals surface area contributed by atoms with Gasteiger partial charge in [0, 0.05) is 18.8 Å². The minimum Gasteiger partial charge on any atom is -0.343 e. The first-order valence-electron chi connectivity index (χ1n) is 5.90. The number of hydrogen-bond acceptors (Lipinski definition) is 4. The number of aryl methyl sites for hydroxylation is 1. The maximum Gasteiger partial charge on any atom is 0.232 e. The van der Waals surface area contributed by atoms with Crippen molar-refractivity contribution in [2.24, 2.45) is 0 Å². The highest BCUT2D eigenvalue weighted by Crippen LogP contribution is 2.20. The van der Waals surface area contributed by atoms with Crippen LogP contribution in [0.4, 0.5) is 0 Å². The number of aromatic nitrogens is 1. The zero-order chi connectivity index (χ0) is 13.5. The second-order valence-electron chi connectivity index (χ2n) is 3.77. The zero-order valence-electron chi connectivity index (χ0n) is 10.9. The minimum absolute atomic E-state index is 0.0807. The van der Waals surface area contributed by atoms with Gasteiger partial charge in [-0.2, -0.15) is 5.26 Å². The fourth-order valence-corrected chi connectivity index (χ4v) is 2.45. The topological polar surface area (TPSA) is 57.0 Å². The summed E-state index contributed by atoms with van der Waals surface area (Å²) in [4.78, 5) is 17.9. The standard InChI is InChI=1S/C13H17N3OS/c1-4-16(5-2)12(17)9-18-13-11(8-14)7-6-10(3)15-13/h6-7H,4-5,9H2,1-3H3. The lowest BCUT2D eigenvalue weighted by molar-refractivity contribution is -0.127. The SMILES string of the molecule is CCN(CC)C(=O)CSc1nc(C)ccc1C#N. The summed E-state index contributed by atoms with van der Waals surface area (Å²) in [6.45, 7) is 7.21. The number of hydrogen-bond donors (Lipinski definition) is 0. The van der Waals surface area contributed by atoms with Gasteiger partial charge in [0.2, 0.25) is 5.91 Å². The smallest absolute Gasteiger partial charge is 0.232 e. The molecule has 1 amide bonds. The zero-order valence-corrected chi connectivity index (χ0v) is 11.8. The highest BCUT2D eigenvalue weighted by Gasteiger charge is 2.12. The molecular weight excluding hydrogens is 246 g/mol. The molecule has 0 fully saturated rings. The van der Waals surface area contributed by atoms with Gasteiger partial charge in [-0.15, -0.1) is 0 Å². The Balaban J connectivity index is 2.72. The van der Waals surface area contributed by atoms with Crippen molar-refractivity contribution in [1.82, 2.24) is 9.88 Å². The van der Waals surface area contributed by atoms with E-state index in [1.807, 2.05) is 20.8 Å². The molecule has 0 atom stereocenters. The van der Waals surface area contributed by atoms with Crippen molar-refractivity contribution >= 4 is 17.7 Å². The lowest BCUT2D eigenvalue weighted by Gasteiger charge is -2.18. The van der Waals surface area contributed by atoms with Gasteiger partial charge in [-0.1, -0.05) is 11.8 Å². The van der Waals surface area contributed by atoms with E-state index < -0.39 is 0 Å². The molecule has 1 aromatic heterocycles. The molecule has 0 radical (unpaired) electrons. The summed E-state index contributed by atoms with van der Waals surface area (Å²) in [6, 6.07) is 5.64. The van der Waals surface area contributed by atoms with Crippen LogP contribution in [0.25, 0.3) is 0 Å². The second-order valence-corrected chi connectivity index (χ2v) is 4.74. The number of amides is 1. The molecule has 0 saturated carbocycles. The summed E-state index contributed by atoms with van der Waals surface area (Å²) in [6.07, 6.45) is 0. The van der Waals surface area contributed by atoms with Crippen molar-refractivity contribution < 1.29 is 4.79 Å². The number of carbonyl (C=O) groups excluding carboxylic acids is 1. The Morgan fingerprint density at radius 1 is 1.44 bits per heavy atom. The molecule has 0 saturated heterocycles. The Morgan fingerprint density at radius 2 is 2.11 bits per heavy atom. The fourth-order valence-electron chi connectivity index (χ4n) is 1.53. The van der Waals surface area contributed by atoms with Gasteiger partial charge >= 0.3 is 0 Å². The fraction of sp³-hybridized carbons (Fsp3) is 0.462. The first-order valence-corrected chi connectivity index (χ1v) is 6.89. The first kappa shape index (κ1) is 14.5. The third kappa shape index (κ3) is 3.74. The van der Waals surface area contributed by atoms with Crippen molar-refractivity contribution in [2.75, 3.05) is 18.8 Å². The summed E-state index contributed by atoms with van der Waals surface area (Å²) in [5, 5.41) is 9.61. The lowest BCUT2D eigenvalue weighted by Crippen LogP contribution is -2.31. The van der Waals surface area contributed by atoms with Crippen molar-refractivity contribution in [3.8, 4) is 6.07 Å². The van der Waals surface area contributed by atoms with E-state index in [-0.39, 0.29) is 5.91 Å². The number of nitrogens with zero attached hydrogens (tertiary/aromatic N) is 3. The molecule has 1 heterocycles. The van der Waals surface area contributed by atoms with Gasteiger partial charge in [-0.05, 0) is 32.9 Å². The van der Waals surface area contributed by atoms with Crippen LogP contribution in [0.3, 0.4) is 0 Å². The van der Waals surface area contributed by atoms with Crippen LogP contribution >= 0.6 is 11.8 Å². The number of thioether (sulfide) groups is 1. The number of pyridine rings is 1. The maximum absolute atomic E-state index is 11.9. The number of nitriles is 1. The van der Waals surface area contributed by atoms with Crippen molar-refractivity contribution in [3.63, 3.8) is 0 Å². The summed E-state index contributed by atoms with van der Waals surface area (Å²) in [5.74, 6) is 0.407. The van der Waals surface area contributed by atoms with Gasteiger partial charge < -0.3 is 4.90 Å². The molecular formula is C13H17N3OS. The normalized spacial score (nSPS) is 9.89. The molecule has 0 aromatic carbocycles. The van der Waals surface area contributed by atoms with Crippen LogP contribution < -0.4 is 0 Å². The van der Waals surface area contributed by atoms with Crippen LogP contribution in [0.5, 0.6) is 0 Å². The van der Waals surface area contributed by atoms with E-state index in [0.717, 1.165) is 5.69 Å². The van der Waals surface area contributed by atoms with E-state index in [2.05, 4.69) is 11.1 Å². The van der Waals surface area contributed by atoms with Crippen LogP contribution in [-0.4, -0.2) is 34.6 Å². The molecule has 5 heteroatoms. The summed E-state index contributed by atoms with van der Waals surface area (Å²) < 4.78 is 0. The average Bonchev–Trinajstić information content (AvgIpc) is 2.38. The molecule has 0 spiro atoms. The summed E-state index contributed by atoms with van der Waals surface area (Å²) in [5.41, 5.74) is 1.38. The lowest BCUT2D eigenvalue weighted by atomic mass is 10.3. The molecule has 0 bridgehead atoms. The molecule has 0 unspecified atom stereocenters. The maximum atomic E-state index is 11.9. The Morgan fingerprint density at radius 3 is 2.67 bits per heavy atom. The van der Waals surface area contributed by atoms with E-state index in [1.165, 1.54) is 11.8 Å². The van der Waals surface area contributed by atoms with Crippen molar-refractivity contribution in [1.29, 1.82) is 5.26 Å². The van der Waals surface area contributed by atoms with Gasteiger partial charge in [-0.25, -0.2) is 4.98 Å². The highest BCUT2D eigenvalue weighted by molar-refractivity contribution is 7.99. The molecule has 0 N–H and O–H groups in total. The van der Waals surface area contributed by atoms with Crippen LogP contribution in [0, 0.1) is 18.3 Å². The molecule has 0 aliphatic carbocycles. The third-order valence-electron chi connectivity index (χ3n) is 2.57. The van der Waals surface area contributed by atoms with E-state index >= 15 is 0 Å². The monoisotopic (exact) mass is 263 g/mol. The van der Waals surface area contributed by atoms with Crippen LogP contribution in [0.1, 0.15) is 25.1 Å². The van der Waals surface area contributed by atoms with E-state index in [0.29, 0.717) is 29.4 Å². The van der Waals surface area contributed by atoms with E-state index in [9.17, 15) is 4.79 Å². The quantitative estimate of drug-likeness (QED) is 0.764. The number of carbonyl (C=O) groups is 1. The molecule has 1 rings (SSSR count). The number of rotatable bonds is 5. The van der Waals surface area contributed by atoms with E-state index in [4.69, 9.17) is 5.26 Å². The molecule has 4 nitrogen and oxygen atoms in total. The molecule has 18 heavy (non-hydrogen) atoms. The molecule has 1 aromatic rings. The molecule has 0 aliphatic heterocycles. The van der Waals surface area contributed by atoms with Gasteiger partial charge in [-0.3, -0.25) is 4.79 Å². The first-order chi connectivity index (χ1) is 8.62. The Hall–Kier alpha value is -1.54. The summed E-state index contributed by atoms with van der Waals surface area (Å²) in [7, 11) is 0. The molecule has 0 aliphatic rings. The van der Waals surface area contributed by atoms with Crippen LogP contribution in [0.2, 0.25) is 0 Å². The van der Waals surface area contributed by atoms with Crippen LogP contribution in [-0.2, 0) is 4.79 Å². The Labute approximate surface area is 112 Å². The largest absolute Gasteiger partial charge is 0.343 e. The van der Waals surface area contributed by atoms with Gasteiger partial charge in [0.1, 0.15) is 11.1 Å². The third-order valence-corrected chi connectivity index (χ3v) is 3.54. The van der Waals surface area contributed by atoms with Crippen molar-refractivity contribution in [3.05, 3.63) is 23.4 Å². The summed E-state index contributed by atoms with van der Waals surface area (Å²) >= 11 is 1.33. The molecule has 96 valence electrons. The van der Waals surface area contributed by atoms with Crippen LogP contribution in [0.15, 0.2) is 17.2 Å². The second kappa shape index (κ2) is 7.02. The average molecular weight is 263 g/mol.